The smallest absolute Gasteiger partial charge is 0.267 e. The average Bonchev–Trinajstić information content (AvgIpc) is 3.22. The van der Waals surface area contributed by atoms with Gasteiger partial charge in [-0.15, -0.1) is 22.7 Å². The van der Waals surface area contributed by atoms with Crippen molar-refractivity contribution >= 4 is 34.5 Å². The molecule has 0 spiro atoms. The van der Waals surface area contributed by atoms with E-state index in [4.69, 9.17) is 0 Å². The number of thiazole rings is 1. The van der Waals surface area contributed by atoms with E-state index in [2.05, 4.69) is 15.8 Å². The van der Waals surface area contributed by atoms with Gasteiger partial charge in [0.2, 0.25) is 0 Å². The van der Waals surface area contributed by atoms with Crippen LogP contribution in [0.1, 0.15) is 25.7 Å². The van der Waals surface area contributed by atoms with Crippen LogP contribution in [0.15, 0.2) is 47.8 Å². The van der Waals surface area contributed by atoms with Crippen molar-refractivity contribution in [3.63, 3.8) is 0 Å². The number of amides is 2. The minimum atomic E-state index is -0.368. The molecule has 0 aliphatic carbocycles. The average molecular weight is 343 g/mol. The first-order chi connectivity index (χ1) is 11.1. The van der Waals surface area contributed by atoms with E-state index >= 15 is 0 Å². The Morgan fingerprint density at radius 2 is 1.74 bits per heavy atom. The molecule has 3 rings (SSSR count). The molecule has 0 radical (unpaired) electrons. The third kappa shape index (κ3) is 3.46. The first-order valence-electron chi connectivity index (χ1n) is 6.82. The van der Waals surface area contributed by atoms with Gasteiger partial charge in [0, 0.05) is 5.56 Å². The maximum absolute atomic E-state index is 12.2. The minimum Gasteiger partial charge on any atom is -0.267 e. The molecule has 0 aliphatic rings. The molecule has 5 nitrogen and oxygen atoms in total. The van der Waals surface area contributed by atoms with Crippen LogP contribution in [-0.4, -0.2) is 16.8 Å². The normalized spacial score (nSPS) is 10.3. The second-order valence-corrected chi connectivity index (χ2v) is 6.63. The number of rotatable bonds is 3. The highest BCUT2D eigenvalue weighted by Crippen LogP contribution is 2.30. The molecule has 0 bridgehead atoms. The third-order valence-corrected chi connectivity index (χ3v) is 5.26. The van der Waals surface area contributed by atoms with E-state index in [0.717, 1.165) is 9.88 Å². The topological polar surface area (TPSA) is 71.1 Å². The summed E-state index contributed by atoms with van der Waals surface area (Å²) in [6, 6.07) is 12.6. The Hall–Kier alpha value is -2.51. The summed E-state index contributed by atoms with van der Waals surface area (Å²) in [5.74, 6) is -0.730. The van der Waals surface area contributed by atoms with Crippen LogP contribution in [0.3, 0.4) is 0 Å². The lowest BCUT2D eigenvalue weighted by atomic mass is 10.2. The van der Waals surface area contributed by atoms with Crippen LogP contribution in [0.2, 0.25) is 0 Å². The van der Waals surface area contributed by atoms with E-state index < -0.39 is 0 Å². The van der Waals surface area contributed by atoms with Crippen molar-refractivity contribution in [3.05, 3.63) is 64.0 Å². The van der Waals surface area contributed by atoms with Crippen LogP contribution in [0, 0.1) is 6.92 Å². The second-order valence-electron chi connectivity index (χ2n) is 4.69. The number of benzene rings is 1. The summed E-state index contributed by atoms with van der Waals surface area (Å²) < 4.78 is 0. The Bertz CT molecular complexity index is 826. The molecule has 0 unspecified atom stereocenters. The van der Waals surface area contributed by atoms with E-state index in [9.17, 15) is 9.59 Å². The number of aromatic nitrogens is 1. The first kappa shape index (κ1) is 15.4. The van der Waals surface area contributed by atoms with Crippen molar-refractivity contribution in [2.24, 2.45) is 0 Å². The molecule has 0 saturated carbocycles. The Labute approximate surface area is 141 Å². The van der Waals surface area contributed by atoms with E-state index in [1.165, 1.54) is 11.3 Å². The lowest BCUT2D eigenvalue weighted by Gasteiger charge is -2.06. The molecule has 0 aliphatic heterocycles. The quantitative estimate of drug-likeness (QED) is 0.717. The molecule has 0 atom stereocenters. The SMILES string of the molecule is Cc1nc(-c2cccs2)sc1C(=O)NNC(=O)c1ccccc1. The Morgan fingerprint density at radius 1 is 1.00 bits per heavy atom. The molecule has 2 N–H and O–H groups in total. The number of carbonyl (C=O) groups is 2. The van der Waals surface area contributed by atoms with Gasteiger partial charge >= 0.3 is 0 Å². The van der Waals surface area contributed by atoms with Crippen LogP contribution >= 0.6 is 22.7 Å². The number of hydrogen-bond donors (Lipinski definition) is 2. The van der Waals surface area contributed by atoms with Crippen molar-refractivity contribution in [1.82, 2.24) is 15.8 Å². The van der Waals surface area contributed by atoms with Gasteiger partial charge < -0.3 is 0 Å². The number of aryl methyl sites for hydroxylation is 1. The third-order valence-electron chi connectivity index (χ3n) is 3.06. The van der Waals surface area contributed by atoms with Gasteiger partial charge in [-0.25, -0.2) is 4.98 Å². The number of nitrogens with one attached hydrogen (secondary N) is 2. The number of carbonyl (C=O) groups excluding carboxylic acids is 2. The molecular formula is C16H13N3O2S2. The van der Waals surface area contributed by atoms with Gasteiger partial charge in [0.1, 0.15) is 9.88 Å². The Kier molecular flexibility index (Phi) is 4.50. The van der Waals surface area contributed by atoms with Gasteiger partial charge in [0.25, 0.3) is 11.8 Å². The van der Waals surface area contributed by atoms with Crippen molar-refractivity contribution in [2.75, 3.05) is 0 Å². The molecule has 7 heteroatoms. The fourth-order valence-electron chi connectivity index (χ4n) is 1.94. The summed E-state index contributed by atoms with van der Waals surface area (Å²) in [4.78, 5) is 30.1. The van der Waals surface area contributed by atoms with Crippen LogP contribution in [0.25, 0.3) is 9.88 Å². The van der Waals surface area contributed by atoms with E-state index in [1.54, 1.807) is 42.5 Å². The summed E-state index contributed by atoms with van der Waals surface area (Å²) in [6.45, 7) is 1.78. The predicted octanol–water partition coefficient (Wildman–Crippen LogP) is 3.25. The van der Waals surface area contributed by atoms with Crippen LogP contribution in [0.5, 0.6) is 0 Å². The summed E-state index contributed by atoms with van der Waals surface area (Å²) in [5.41, 5.74) is 5.97. The fourth-order valence-corrected chi connectivity index (χ4v) is 3.70. The van der Waals surface area contributed by atoms with Crippen molar-refractivity contribution in [3.8, 4) is 9.88 Å². The molecular weight excluding hydrogens is 330 g/mol. The zero-order chi connectivity index (χ0) is 16.2. The van der Waals surface area contributed by atoms with E-state index in [1.807, 2.05) is 23.6 Å². The van der Waals surface area contributed by atoms with Crippen molar-refractivity contribution in [2.45, 2.75) is 6.92 Å². The van der Waals surface area contributed by atoms with Gasteiger partial charge in [0.05, 0.1) is 10.6 Å². The lowest BCUT2D eigenvalue weighted by Crippen LogP contribution is -2.41. The number of nitrogens with zero attached hydrogens (tertiary/aromatic N) is 1. The zero-order valence-electron chi connectivity index (χ0n) is 12.2. The first-order valence-corrected chi connectivity index (χ1v) is 8.52. The van der Waals surface area contributed by atoms with E-state index in [-0.39, 0.29) is 11.8 Å². The molecule has 1 aromatic carbocycles. The van der Waals surface area contributed by atoms with Crippen LogP contribution < -0.4 is 10.9 Å². The van der Waals surface area contributed by atoms with Gasteiger partial charge in [-0.3, -0.25) is 20.4 Å². The van der Waals surface area contributed by atoms with Crippen molar-refractivity contribution < 1.29 is 9.59 Å². The van der Waals surface area contributed by atoms with Gasteiger partial charge in [-0.1, -0.05) is 24.3 Å². The highest BCUT2D eigenvalue weighted by atomic mass is 32.1. The highest BCUT2D eigenvalue weighted by Gasteiger charge is 2.17. The molecule has 2 aromatic heterocycles. The maximum Gasteiger partial charge on any atom is 0.281 e. The van der Waals surface area contributed by atoms with E-state index in [0.29, 0.717) is 16.1 Å². The largest absolute Gasteiger partial charge is 0.281 e. The molecule has 2 heterocycles. The van der Waals surface area contributed by atoms with Crippen molar-refractivity contribution in [1.29, 1.82) is 0 Å². The molecule has 23 heavy (non-hydrogen) atoms. The van der Waals surface area contributed by atoms with Gasteiger partial charge in [-0.05, 0) is 30.5 Å². The summed E-state index contributed by atoms with van der Waals surface area (Å²) in [7, 11) is 0. The Morgan fingerprint density at radius 3 is 2.43 bits per heavy atom. The summed E-state index contributed by atoms with van der Waals surface area (Å²) in [6.07, 6.45) is 0. The fraction of sp³-hybridized carbons (Fsp3) is 0.0625. The standard InChI is InChI=1S/C16H13N3O2S2/c1-10-13(23-16(17-10)12-8-5-9-22-12)15(21)19-18-14(20)11-6-3-2-4-7-11/h2-9H,1H3,(H,18,20)(H,19,21). The summed E-state index contributed by atoms with van der Waals surface area (Å²) in [5, 5.41) is 2.77. The highest BCUT2D eigenvalue weighted by molar-refractivity contribution is 7.22. The maximum atomic E-state index is 12.2. The summed E-state index contributed by atoms with van der Waals surface area (Å²) >= 11 is 2.88. The predicted molar refractivity (Wildman–Crippen MR) is 91.5 cm³/mol. The second kappa shape index (κ2) is 6.72. The molecule has 0 saturated heterocycles. The zero-order valence-corrected chi connectivity index (χ0v) is 13.8. The monoisotopic (exact) mass is 343 g/mol. The molecule has 0 fully saturated rings. The molecule has 3 aromatic rings. The van der Waals surface area contributed by atoms with Gasteiger partial charge in [-0.2, -0.15) is 0 Å². The lowest BCUT2D eigenvalue weighted by molar-refractivity contribution is 0.0848. The molecule has 2 amide bonds. The Balaban J connectivity index is 1.68. The number of hydrogen-bond acceptors (Lipinski definition) is 5. The number of thiophene rings is 1. The number of hydrazine groups is 1. The molecule has 116 valence electrons. The van der Waals surface area contributed by atoms with Crippen LogP contribution in [0.4, 0.5) is 0 Å². The van der Waals surface area contributed by atoms with Crippen LogP contribution in [-0.2, 0) is 0 Å². The minimum absolute atomic E-state index is 0.361. The van der Waals surface area contributed by atoms with Gasteiger partial charge in [0.15, 0.2) is 0 Å².